The second-order valence-electron chi connectivity index (χ2n) is 12.0. The van der Waals surface area contributed by atoms with Gasteiger partial charge in [0.15, 0.2) is 17.3 Å². The van der Waals surface area contributed by atoms with E-state index < -0.39 is 6.04 Å². The van der Waals surface area contributed by atoms with Gasteiger partial charge in [0.25, 0.3) is 0 Å². The number of nitrogens with zero attached hydrogens (tertiary/aromatic N) is 2. The largest absolute Gasteiger partial charge is 0.493 e. The number of methoxy groups -OCH3 is 2. The monoisotopic (exact) mass is 551 g/mol. The summed E-state index contributed by atoms with van der Waals surface area (Å²) in [6.07, 6.45) is 2.01. The van der Waals surface area contributed by atoms with Crippen LogP contribution in [0, 0.1) is 5.41 Å². The Morgan fingerprint density at radius 1 is 0.951 bits per heavy atom. The molecule has 0 aromatic heterocycles. The molecule has 0 fully saturated rings. The predicted octanol–water partition coefficient (Wildman–Crippen LogP) is 5.91. The van der Waals surface area contributed by atoms with Crippen molar-refractivity contribution in [1.29, 1.82) is 0 Å². The zero-order chi connectivity index (χ0) is 28.7. The van der Waals surface area contributed by atoms with Gasteiger partial charge in [0.05, 0.1) is 38.2 Å². The molecule has 1 aliphatic carbocycles. The van der Waals surface area contributed by atoms with Crippen molar-refractivity contribution in [2.24, 2.45) is 5.41 Å². The lowest BCUT2D eigenvalue weighted by Gasteiger charge is -2.39. The topological polar surface area (TPSA) is 71.1 Å². The second-order valence-corrected chi connectivity index (χ2v) is 12.0. The van der Waals surface area contributed by atoms with Gasteiger partial charge in [-0.1, -0.05) is 56.3 Å². The Hall–Kier alpha value is -4.26. The van der Waals surface area contributed by atoms with Crippen LogP contribution in [-0.2, 0) is 22.6 Å². The van der Waals surface area contributed by atoms with E-state index in [2.05, 4.69) is 42.3 Å². The van der Waals surface area contributed by atoms with Crippen LogP contribution in [0.5, 0.6) is 11.5 Å². The zero-order valence-corrected chi connectivity index (χ0v) is 24.2. The molecule has 7 heteroatoms. The van der Waals surface area contributed by atoms with E-state index in [1.165, 1.54) is 11.1 Å². The summed E-state index contributed by atoms with van der Waals surface area (Å²) in [5.41, 5.74) is 6.60. The molecule has 3 aromatic rings. The van der Waals surface area contributed by atoms with Gasteiger partial charge in [-0.05, 0) is 59.2 Å². The van der Waals surface area contributed by atoms with Gasteiger partial charge in [-0.2, -0.15) is 0 Å². The average Bonchev–Trinajstić information content (AvgIpc) is 3.10. The van der Waals surface area contributed by atoms with Crippen LogP contribution in [0.25, 0.3) is 0 Å². The third-order valence-corrected chi connectivity index (χ3v) is 8.52. The number of hydrogen-bond acceptors (Lipinski definition) is 6. The van der Waals surface area contributed by atoms with E-state index >= 15 is 0 Å². The number of ketones is 1. The number of allylic oxidation sites excluding steroid dienone is 1. The zero-order valence-electron chi connectivity index (χ0n) is 24.2. The van der Waals surface area contributed by atoms with Crippen molar-refractivity contribution in [1.82, 2.24) is 4.90 Å². The number of carbonyl (C=O) groups excluding carboxylic acids is 2. The summed E-state index contributed by atoms with van der Waals surface area (Å²) in [7, 11) is 3.22. The number of ether oxygens (including phenoxy) is 2. The number of rotatable bonds is 5. The highest BCUT2D eigenvalue weighted by molar-refractivity contribution is 6.02. The van der Waals surface area contributed by atoms with Gasteiger partial charge in [-0.25, -0.2) is 0 Å². The van der Waals surface area contributed by atoms with Crippen molar-refractivity contribution in [3.63, 3.8) is 0 Å². The lowest BCUT2D eigenvalue weighted by Crippen LogP contribution is -2.45. The fourth-order valence-electron chi connectivity index (χ4n) is 6.55. The van der Waals surface area contributed by atoms with Crippen molar-refractivity contribution in [3.05, 3.63) is 94.7 Å². The number of nitrogens with one attached hydrogen (secondary N) is 1. The highest BCUT2D eigenvalue weighted by Gasteiger charge is 2.42. The van der Waals surface area contributed by atoms with Crippen LogP contribution in [0.15, 0.2) is 78.0 Å². The molecule has 0 spiro atoms. The van der Waals surface area contributed by atoms with Gasteiger partial charge >= 0.3 is 0 Å². The fraction of sp³-hybridized carbons (Fsp3) is 0.353. The Labute approximate surface area is 241 Å². The molecule has 3 aromatic carbocycles. The van der Waals surface area contributed by atoms with Crippen LogP contribution in [0.3, 0.4) is 0 Å². The molecule has 7 nitrogen and oxygen atoms in total. The summed E-state index contributed by atoms with van der Waals surface area (Å²) in [5.74, 6) is 1.33. The number of hydrogen-bond donors (Lipinski definition) is 1. The van der Waals surface area contributed by atoms with Gasteiger partial charge in [-0.3, -0.25) is 9.59 Å². The number of amides is 1. The van der Waals surface area contributed by atoms with Crippen molar-refractivity contribution in [2.45, 2.75) is 45.7 Å². The van der Waals surface area contributed by atoms with Gasteiger partial charge in [-0.15, -0.1) is 0 Å². The number of Topliss-reactive ketones (excluding diaryl/α,β-unsaturated/α-hetero) is 1. The predicted molar refractivity (Wildman–Crippen MR) is 160 cm³/mol. The first kappa shape index (κ1) is 26.9. The van der Waals surface area contributed by atoms with Crippen molar-refractivity contribution in [3.8, 4) is 11.5 Å². The summed E-state index contributed by atoms with van der Waals surface area (Å²) in [5, 5.41) is 3.63. The molecule has 2 aliphatic heterocycles. The van der Waals surface area contributed by atoms with Crippen molar-refractivity contribution >= 4 is 23.1 Å². The highest BCUT2D eigenvalue weighted by atomic mass is 16.5. The Bertz CT molecular complexity index is 1540. The average molecular weight is 552 g/mol. The van der Waals surface area contributed by atoms with E-state index in [0.29, 0.717) is 36.6 Å². The second kappa shape index (κ2) is 10.6. The van der Waals surface area contributed by atoms with Gasteiger partial charge in [0, 0.05) is 30.8 Å². The number of anilines is 2. The number of benzene rings is 3. The number of carbonyl (C=O) groups is 2. The fourth-order valence-corrected chi connectivity index (χ4v) is 6.55. The van der Waals surface area contributed by atoms with Crippen LogP contribution in [0.1, 0.15) is 49.4 Å². The molecule has 1 N–H and O–H groups in total. The molecular formula is C34H37N3O4. The van der Waals surface area contributed by atoms with E-state index in [-0.39, 0.29) is 23.7 Å². The molecule has 41 heavy (non-hydrogen) atoms. The molecule has 0 bridgehead atoms. The summed E-state index contributed by atoms with van der Waals surface area (Å²) >= 11 is 0. The maximum Gasteiger partial charge on any atom is 0.242 e. The molecule has 1 amide bonds. The minimum atomic E-state index is -0.481. The first-order valence-corrected chi connectivity index (χ1v) is 14.2. The summed E-state index contributed by atoms with van der Waals surface area (Å²) in [4.78, 5) is 32.1. The van der Waals surface area contributed by atoms with Crippen LogP contribution >= 0.6 is 0 Å². The van der Waals surface area contributed by atoms with Crippen molar-refractivity contribution < 1.29 is 19.1 Å². The van der Waals surface area contributed by atoms with Crippen LogP contribution in [0.2, 0.25) is 0 Å². The van der Waals surface area contributed by atoms with Crippen LogP contribution in [0.4, 0.5) is 11.4 Å². The van der Waals surface area contributed by atoms with E-state index in [0.717, 1.165) is 35.5 Å². The Morgan fingerprint density at radius 3 is 2.46 bits per heavy atom. The standard InChI is InChI=1S/C34H37N3O4/c1-34(2)18-26-32(28(38)19-34)33(23-13-14-29(40-3)30(17-23)41-4)37(27-12-8-7-11-25(27)35-26)21-31(39)36-16-15-22-9-5-6-10-24(22)20-36/h5-14,17,33,35H,15-16,18-21H2,1-4H3. The summed E-state index contributed by atoms with van der Waals surface area (Å²) in [6, 6.07) is 21.7. The third-order valence-electron chi connectivity index (χ3n) is 8.52. The van der Waals surface area contributed by atoms with Crippen molar-refractivity contribution in [2.75, 3.05) is 37.5 Å². The molecule has 2 heterocycles. The molecule has 0 saturated carbocycles. The lowest BCUT2D eigenvalue weighted by molar-refractivity contribution is -0.130. The first-order chi connectivity index (χ1) is 19.8. The molecule has 0 radical (unpaired) electrons. The molecule has 1 unspecified atom stereocenters. The van der Waals surface area contributed by atoms with Gasteiger partial charge < -0.3 is 24.6 Å². The number of para-hydroxylation sites is 2. The normalized spacial score (nSPS) is 19.4. The molecule has 0 saturated heterocycles. The summed E-state index contributed by atoms with van der Waals surface area (Å²) in [6.45, 7) is 5.66. The molecule has 1 atom stereocenters. The SMILES string of the molecule is COc1ccc(C2C3=C(CC(C)(C)CC3=O)Nc3ccccc3N2CC(=O)N2CCc3ccccc3C2)cc1OC. The molecule has 3 aliphatic rings. The lowest BCUT2D eigenvalue weighted by atomic mass is 9.73. The highest BCUT2D eigenvalue weighted by Crippen LogP contribution is 2.49. The first-order valence-electron chi connectivity index (χ1n) is 14.2. The molecule has 212 valence electrons. The molecular weight excluding hydrogens is 514 g/mol. The Morgan fingerprint density at radius 2 is 1.68 bits per heavy atom. The summed E-state index contributed by atoms with van der Waals surface area (Å²) < 4.78 is 11.2. The smallest absolute Gasteiger partial charge is 0.242 e. The maximum atomic E-state index is 14.1. The minimum Gasteiger partial charge on any atom is -0.493 e. The van der Waals surface area contributed by atoms with Crippen LogP contribution in [-0.4, -0.2) is 43.9 Å². The third kappa shape index (κ3) is 5.05. The Kier molecular flexibility index (Phi) is 6.98. The quantitative estimate of drug-likeness (QED) is 0.426. The van der Waals surface area contributed by atoms with Gasteiger partial charge in [0.1, 0.15) is 0 Å². The number of fused-ring (bicyclic) bond motifs is 2. The van der Waals surface area contributed by atoms with Gasteiger partial charge in [0.2, 0.25) is 5.91 Å². The van der Waals surface area contributed by atoms with E-state index in [1.54, 1.807) is 14.2 Å². The van der Waals surface area contributed by atoms with E-state index in [4.69, 9.17) is 9.47 Å². The van der Waals surface area contributed by atoms with E-state index in [1.807, 2.05) is 53.4 Å². The molecule has 6 rings (SSSR count). The Balaban J connectivity index is 1.47. The van der Waals surface area contributed by atoms with E-state index in [9.17, 15) is 9.59 Å². The minimum absolute atomic E-state index is 0.0346. The maximum absolute atomic E-state index is 14.1. The van der Waals surface area contributed by atoms with Crippen LogP contribution < -0.4 is 19.7 Å².